The van der Waals surface area contributed by atoms with Crippen LogP contribution in [0, 0.1) is 11.8 Å². The minimum absolute atomic E-state index is 0.252. The maximum Gasteiger partial charge on any atom is 0.222 e. The van der Waals surface area contributed by atoms with E-state index in [1.165, 1.54) is 5.56 Å². The van der Waals surface area contributed by atoms with Crippen LogP contribution >= 0.6 is 0 Å². The van der Waals surface area contributed by atoms with Crippen LogP contribution in [-0.4, -0.2) is 47.5 Å². The SMILES string of the molecule is CN1C[C@H]2CN(C(=O)CCc3ccc(O)cc3)C[C@H]2[C@@H]1c1ccccc1. The number of benzene rings is 2. The van der Waals surface area contributed by atoms with Gasteiger partial charge in [0.1, 0.15) is 5.75 Å². The topological polar surface area (TPSA) is 43.8 Å². The van der Waals surface area contributed by atoms with Gasteiger partial charge in [0, 0.05) is 38.0 Å². The first-order valence-corrected chi connectivity index (χ1v) is 9.42. The van der Waals surface area contributed by atoms with E-state index >= 15 is 0 Å². The van der Waals surface area contributed by atoms with Gasteiger partial charge in [-0.2, -0.15) is 0 Å². The van der Waals surface area contributed by atoms with Crippen molar-refractivity contribution in [1.82, 2.24) is 9.80 Å². The van der Waals surface area contributed by atoms with Crippen molar-refractivity contribution >= 4 is 5.91 Å². The van der Waals surface area contributed by atoms with E-state index in [0.29, 0.717) is 24.3 Å². The highest BCUT2D eigenvalue weighted by Gasteiger charge is 2.46. The maximum absolute atomic E-state index is 12.7. The quantitative estimate of drug-likeness (QED) is 0.922. The lowest BCUT2D eigenvalue weighted by atomic mass is 9.90. The lowest BCUT2D eigenvalue weighted by Crippen LogP contribution is -2.33. The lowest BCUT2D eigenvalue weighted by molar-refractivity contribution is -0.130. The summed E-state index contributed by atoms with van der Waals surface area (Å²) in [4.78, 5) is 17.2. The minimum atomic E-state index is 0.252. The van der Waals surface area contributed by atoms with Gasteiger partial charge in [-0.15, -0.1) is 0 Å². The highest BCUT2D eigenvalue weighted by atomic mass is 16.3. The molecule has 0 spiro atoms. The molecule has 136 valence electrons. The summed E-state index contributed by atoms with van der Waals surface area (Å²) in [7, 11) is 2.20. The Hall–Kier alpha value is -2.33. The van der Waals surface area contributed by atoms with Crippen LogP contribution in [0.3, 0.4) is 0 Å². The molecule has 0 aromatic heterocycles. The molecule has 3 atom stereocenters. The molecule has 0 aliphatic carbocycles. The molecule has 0 unspecified atom stereocenters. The summed E-state index contributed by atoms with van der Waals surface area (Å²) in [6.45, 7) is 2.81. The van der Waals surface area contributed by atoms with E-state index in [1.54, 1.807) is 12.1 Å². The minimum Gasteiger partial charge on any atom is -0.508 e. The molecule has 1 amide bonds. The van der Waals surface area contributed by atoms with E-state index in [2.05, 4.69) is 47.2 Å². The van der Waals surface area contributed by atoms with Crippen molar-refractivity contribution in [1.29, 1.82) is 0 Å². The average Bonchev–Trinajstić information content (AvgIpc) is 3.18. The molecule has 26 heavy (non-hydrogen) atoms. The van der Waals surface area contributed by atoms with E-state index < -0.39 is 0 Å². The molecular formula is C22H26N2O2. The van der Waals surface area contributed by atoms with Crippen LogP contribution in [0.5, 0.6) is 5.75 Å². The maximum atomic E-state index is 12.7. The molecule has 0 bridgehead atoms. The average molecular weight is 350 g/mol. The summed E-state index contributed by atoms with van der Waals surface area (Å²) in [5.41, 5.74) is 2.46. The van der Waals surface area contributed by atoms with Gasteiger partial charge < -0.3 is 10.0 Å². The summed E-state index contributed by atoms with van der Waals surface area (Å²) in [5.74, 6) is 1.62. The lowest BCUT2D eigenvalue weighted by Gasteiger charge is -2.27. The van der Waals surface area contributed by atoms with E-state index in [-0.39, 0.29) is 11.7 Å². The van der Waals surface area contributed by atoms with Crippen molar-refractivity contribution in [2.45, 2.75) is 18.9 Å². The molecular weight excluding hydrogens is 324 g/mol. The fraction of sp³-hybridized carbons (Fsp3) is 0.409. The third-order valence-electron chi connectivity index (χ3n) is 5.95. The third-order valence-corrected chi connectivity index (χ3v) is 5.95. The molecule has 0 saturated carbocycles. The van der Waals surface area contributed by atoms with Crippen LogP contribution in [0.2, 0.25) is 0 Å². The van der Waals surface area contributed by atoms with E-state index in [9.17, 15) is 9.90 Å². The standard InChI is InChI=1S/C22H26N2O2/c1-23-13-18-14-24(15-20(18)22(23)17-5-3-2-4-6-17)21(26)12-9-16-7-10-19(25)11-8-16/h2-8,10-11,18,20,22,25H,9,12-15H2,1H3/t18-,20+,22-/m0/s1. The molecule has 1 N–H and O–H groups in total. The molecule has 4 nitrogen and oxygen atoms in total. The fourth-order valence-corrected chi connectivity index (χ4v) is 4.69. The van der Waals surface area contributed by atoms with Crippen LogP contribution in [0.15, 0.2) is 54.6 Å². The number of carbonyl (C=O) groups excluding carboxylic acids is 1. The molecule has 2 fully saturated rings. The van der Waals surface area contributed by atoms with Crippen LogP contribution in [0.1, 0.15) is 23.6 Å². The number of hydrogen-bond donors (Lipinski definition) is 1. The number of nitrogens with zero attached hydrogens (tertiary/aromatic N) is 2. The third kappa shape index (κ3) is 3.34. The first kappa shape index (κ1) is 17.1. The smallest absolute Gasteiger partial charge is 0.222 e. The second-order valence-electron chi connectivity index (χ2n) is 7.68. The predicted octanol–water partition coefficient (Wildman–Crippen LogP) is 3.09. The number of phenolic OH excluding ortho intramolecular Hbond substituents is 1. The van der Waals surface area contributed by atoms with Crippen LogP contribution in [-0.2, 0) is 11.2 Å². The second-order valence-corrected chi connectivity index (χ2v) is 7.68. The number of hydrogen-bond acceptors (Lipinski definition) is 3. The zero-order valence-electron chi connectivity index (χ0n) is 15.2. The van der Waals surface area contributed by atoms with Gasteiger partial charge in [-0.25, -0.2) is 0 Å². The van der Waals surface area contributed by atoms with Crippen molar-refractivity contribution in [3.8, 4) is 5.75 Å². The zero-order valence-corrected chi connectivity index (χ0v) is 15.2. The largest absolute Gasteiger partial charge is 0.508 e. The fourth-order valence-electron chi connectivity index (χ4n) is 4.69. The number of aryl methyl sites for hydroxylation is 1. The number of phenols is 1. The summed E-state index contributed by atoms with van der Waals surface area (Å²) in [5, 5.41) is 9.36. The molecule has 2 heterocycles. The monoisotopic (exact) mass is 350 g/mol. The van der Waals surface area contributed by atoms with Crippen molar-refractivity contribution in [3.05, 3.63) is 65.7 Å². The van der Waals surface area contributed by atoms with Gasteiger partial charge >= 0.3 is 0 Å². The number of amides is 1. The highest BCUT2D eigenvalue weighted by Crippen LogP contribution is 2.44. The Balaban J connectivity index is 1.38. The highest BCUT2D eigenvalue weighted by molar-refractivity contribution is 5.77. The summed E-state index contributed by atoms with van der Waals surface area (Å²) in [6, 6.07) is 18.2. The van der Waals surface area contributed by atoms with Crippen molar-refractivity contribution in [3.63, 3.8) is 0 Å². The van der Waals surface area contributed by atoms with Gasteiger partial charge in [-0.05, 0) is 42.6 Å². The molecule has 2 aliphatic rings. The Kier molecular flexibility index (Phi) is 4.68. The molecule has 0 radical (unpaired) electrons. The Morgan fingerprint density at radius 1 is 1.04 bits per heavy atom. The first-order chi connectivity index (χ1) is 12.6. The second kappa shape index (κ2) is 7.12. The van der Waals surface area contributed by atoms with Gasteiger partial charge in [0.25, 0.3) is 0 Å². The van der Waals surface area contributed by atoms with E-state index in [0.717, 1.165) is 31.6 Å². The molecule has 4 rings (SSSR count). The molecule has 2 aromatic carbocycles. The van der Waals surface area contributed by atoms with Crippen LogP contribution in [0.25, 0.3) is 0 Å². The van der Waals surface area contributed by atoms with E-state index in [4.69, 9.17) is 0 Å². The van der Waals surface area contributed by atoms with Gasteiger partial charge in [0.2, 0.25) is 5.91 Å². The number of rotatable bonds is 4. The zero-order chi connectivity index (χ0) is 18.1. The van der Waals surface area contributed by atoms with Gasteiger partial charge in [0.05, 0.1) is 0 Å². The number of likely N-dealkylation sites (tertiary alicyclic amines) is 2. The Morgan fingerprint density at radius 3 is 2.50 bits per heavy atom. The van der Waals surface area contributed by atoms with Crippen molar-refractivity contribution in [2.75, 3.05) is 26.7 Å². The summed E-state index contributed by atoms with van der Waals surface area (Å²) < 4.78 is 0. The first-order valence-electron chi connectivity index (χ1n) is 9.42. The number of carbonyl (C=O) groups is 1. The predicted molar refractivity (Wildman–Crippen MR) is 102 cm³/mol. The van der Waals surface area contributed by atoms with Crippen LogP contribution in [0.4, 0.5) is 0 Å². The number of aromatic hydroxyl groups is 1. The number of fused-ring (bicyclic) bond motifs is 1. The van der Waals surface area contributed by atoms with Gasteiger partial charge in [0.15, 0.2) is 0 Å². The Labute approximate surface area is 155 Å². The van der Waals surface area contributed by atoms with Crippen molar-refractivity contribution in [2.24, 2.45) is 11.8 Å². The Bertz CT molecular complexity index is 759. The molecule has 2 saturated heterocycles. The molecule has 2 aliphatic heterocycles. The summed E-state index contributed by atoms with van der Waals surface area (Å²) >= 11 is 0. The molecule has 2 aromatic rings. The molecule has 4 heteroatoms. The summed E-state index contributed by atoms with van der Waals surface area (Å²) in [6.07, 6.45) is 1.27. The Morgan fingerprint density at radius 2 is 1.77 bits per heavy atom. The van der Waals surface area contributed by atoms with Crippen molar-refractivity contribution < 1.29 is 9.90 Å². The van der Waals surface area contributed by atoms with Gasteiger partial charge in [-0.3, -0.25) is 9.69 Å². The van der Waals surface area contributed by atoms with E-state index in [1.807, 2.05) is 12.1 Å². The normalized spacial score (nSPS) is 25.4. The van der Waals surface area contributed by atoms with Gasteiger partial charge in [-0.1, -0.05) is 42.5 Å². The van der Waals surface area contributed by atoms with Crippen LogP contribution < -0.4 is 0 Å².